The van der Waals surface area contributed by atoms with Gasteiger partial charge in [-0.25, -0.2) is 4.39 Å². The molecule has 4 nitrogen and oxygen atoms in total. The molecular weight excluding hydrogens is 550 g/mol. The van der Waals surface area contributed by atoms with Gasteiger partial charge >= 0.3 is 6.18 Å². The van der Waals surface area contributed by atoms with Crippen LogP contribution in [0.5, 0.6) is 0 Å². The van der Waals surface area contributed by atoms with Gasteiger partial charge in [-0.15, -0.1) is 23.2 Å². The van der Waals surface area contributed by atoms with Crippen LogP contribution in [0.1, 0.15) is 21.8 Å². The van der Waals surface area contributed by atoms with Crippen molar-refractivity contribution in [2.75, 3.05) is 11.9 Å². The average Bonchev–Trinajstić information content (AvgIpc) is 3.25. The van der Waals surface area contributed by atoms with E-state index in [0.29, 0.717) is 5.56 Å². The Kier molecular flexibility index (Phi) is 6.82. The van der Waals surface area contributed by atoms with Crippen LogP contribution in [0, 0.1) is 11.7 Å². The standard InChI is InChI=1S/C19H12BrCl3F4N2O2/c20-11-3-1-8(5-13(11)24)14-15(19(14,22)23)17(31)29-9-2-4-12(21)10(6-9)16(30)28-7-18(25,26)27/h1-6,14-15H,7H2,(H,28,30)(H,29,31)/t14-,15+/m1/s1. The number of hydrogen-bond donors (Lipinski definition) is 2. The number of rotatable bonds is 5. The first-order chi connectivity index (χ1) is 14.3. The van der Waals surface area contributed by atoms with E-state index in [9.17, 15) is 27.2 Å². The Morgan fingerprint density at radius 1 is 1.13 bits per heavy atom. The average molecular weight is 563 g/mol. The lowest BCUT2D eigenvalue weighted by Crippen LogP contribution is -2.33. The first kappa shape index (κ1) is 24.1. The summed E-state index contributed by atoms with van der Waals surface area (Å²) in [6.07, 6.45) is -4.59. The Morgan fingerprint density at radius 2 is 1.81 bits per heavy atom. The highest BCUT2D eigenvalue weighted by molar-refractivity contribution is 9.10. The van der Waals surface area contributed by atoms with Gasteiger partial charge in [-0.3, -0.25) is 9.59 Å². The van der Waals surface area contributed by atoms with Crippen LogP contribution >= 0.6 is 50.7 Å². The minimum atomic E-state index is -4.59. The molecule has 0 unspecified atom stereocenters. The second-order valence-electron chi connectivity index (χ2n) is 6.79. The van der Waals surface area contributed by atoms with Gasteiger partial charge in [0.1, 0.15) is 16.7 Å². The molecule has 2 atom stereocenters. The Morgan fingerprint density at radius 3 is 2.42 bits per heavy atom. The van der Waals surface area contributed by atoms with E-state index < -0.39 is 46.5 Å². The highest BCUT2D eigenvalue weighted by Gasteiger charge is 2.67. The topological polar surface area (TPSA) is 58.2 Å². The van der Waals surface area contributed by atoms with Crippen molar-refractivity contribution in [3.63, 3.8) is 0 Å². The maximum atomic E-state index is 13.8. The molecule has 0 radical (unpaired) electrons. The molecule has 0 bridgehead atoms. The second kappa shape index (κ2) is 8.77. The number of benzene rings is 2. The van der Waals surface area contributed by atoms with Crippen LogP contribution in [0.25, 0.3) is 0 Å². The zero-order chi connectivity index (χ0) is 23.1. The van der Waals surface area contributed by atoms with Crippen molar-refractivity contribution < 1.29 is 27.2 Å². The quantitative estimate of drug-likeness (QED) is 0.344. The van der Waals surface area contributed by atoms with E-state index in [-0.39, 0.29) is 20.7 Å². The van der Waals surface area contributed by atoms with Gasteiger partial charge in [0.15, 0.2) is 0 Å². The number of anilines is 1. The Hall–Kier alpha value is -1.55. The van der Waals surface area contributed by atoms with E-state index in [0.717, 1.165) is 6.07 Å². The van der Waals surface area contributed by atoms with E-state index in [1.165, 1.54) is 24.3 Å². The molecule has 0 aliphatic heterocycles. The number of alkyl halides is 5. The molecule has 166 valence electrons. The van der Waals surface area contributed by atoms with Gasteiger partial charge in [0, 0.05) is 11.6 Å². The smallest absolute Gasteiger partial charge is 0.343 e. The molecule has 1 aliphatic carbocycles. The molecule has 1 aliphatic rings. The van der Waals surface area contributed by atoms with Crippen LogP contribution in [0.2, 0.25) is 5.02 Å². The molecule has 0 saturated heterocycles. The largest absolute Gasteiger partial charge is 0.405 e. The summed E-state index contributed by atoms with van der Waals surface area (Å²) in [7, 11) is 0. The minimum absolute atomic E-state index is 0.100. The molecule has 1 fully saturated rings. The highest BCUT2D eigenvalue weighted by atomic mass is 79.9. The molecule has 0 aromatic heterocycles. The van der Waals surface area contributed by atoms with E-state index >= 15 is 0 Å². The summed E-state index contributed by atoms with van der Waals surface area (Å²) in [5.74, 6) is -3.81. The Bertz CT molecular complexity index is 1050. The third kappa shape index (κ3) is 5.45. The molecule has 2 amide bonds. The number of halogens is 8. The fourth-order valence-electron chi connectivity index (χ4n) is 3.05. The number of carbonyl (C=O) groups excluding carboxylic acids is 2. The summed E-state index contributed by atoms with van der Waals surface area (Å²) in [4.78, 5) is 24.7. The fourth-order valence-corrected chi connectivity index (χ4v) is 4.32. The lowest BCUT2D eigenvalue weighted by molar-refractivity contribution is -0.123. The second-order valence-corrected chi connectivity index (χ2v) is 9.49. The predicted octanol–water partition coefficient (Wildman–Crippen LogP) is 6.06. The van der Waals surface area contributed by atoms with Gasteiger partial charge in [-0.1, -0.05) is 17.7 Å². The van der Waals surface area contributed by atoms with Crippen molar-refractivity contribution in [3.05, 3.63) is 62.8 Å². The summed E-state index contributed by atoms with van der Waals surface area (Å²) in [5, 5.41) is 4.11. The number of carbonyl (C=O) groups is 2. The molecular formula is C19H12BrCl3F4N2O2. The van der Waals surface area contributed by atoms with Gasteiger partial charge in [-0.05, 0) is 51.8 Å². The lowest BCUT2D eigenvalue weighted by atomic mass is 10.1. The normalized spacial score (nSPS) is 19.6. The van der Waals surface area contributed by atoms with Gasteiger partial charge in [-0.2, -0.15) is 13.2 Å². The third-order valence-corrected chi connectivity index (χ3v) is 6.48. The molecule has 1 saturated carbocycles. The van der Waals surface area contributed by atoms with Crippen LogP contribution in [0.4, 0.5) is 23.2 Å². The van der Waals surface area contributed by atoms with Gasteiger partial charge in [0.05, 0.1) is 21.0 Å². The molecule has 31 heavy (non-hydrogen) atoms. The van der Waals surface area contributed by atoms with Crippen LogP contribution in [0.3, 0.4) is 0 Å². The van der Waals surface area contributed by atoms with E-state index in [1.807, 2.05) is 0 Å². The van der Waals surface area contributed by atoms with Gasteiger partial charge in [0.2, 0.25) is 5.91 Å². The summed E-state index contributed by atoms with van der Waals surface area (Å²) >= 11 is 21.4. The molecule has 0 heterocycles. The maximum absolute atomic E-state index is 13.8. The highest BCUT2D eigenvalue weighted by Crippen LogP contribution is 2.65. The summed E-state index contributed by atoms with van der Waals surface area (Å²) in [6, 6.07) is 8.01. The molecule has 2 N–H and O–H groups in total. The molecule has 3 rings (SSSR count). The van der Waals surface area contributed by atoms with Crippen molar-refractivity contribution in [2.45, 2.75) is 16.4 Å². The van der Waals surface area contributed by atoms with Crippen molar-refractivity contribution in [1.29, 1.82) is 0 Å². The molecule has 2 aromatic rings. The van der Waals surface area contributed by atoms with Crippen molar-refractivity contribution in [3.8, 4) is 0 Å². The van der Waals surface area contributed by atoms with E-state index in [2.05, 4.69) is 21.2 Å². The Labute approximate surface area is 197 Å². The van der Waals surface area contributed by atoms with Gasteiger partial charge in [0.25, 0.3) is 5.91 Å². The monoisotopic (exact) mass is 560 g/mol. The maximum Gasteiger partial charge on any atom is 0.405 e. The lowest BCUT2D eigenvalue weighted by Gasteiger charge is -2.11. The fraction of sp³-hybridized carbons (Fsp3) is 0.263. The zero-order valence-electron chi connectivity index (χ0n) is 15.2. The Balaban J connectivity index is 1.74. The van der Waals surface area contributed by atoms with Crippen LogP contribution in [0.15, 0.2) is 40.9 Å². The number of nitrogens with one attached hydrogen (secondary N) is 2. The first-order valence-corrected chi connectivity index (χ1v) is 10.5. The van der Waals surface area contributed by atoms with E-state index in [4.69, 9.17) is 34.8 Å². The molecule has 2 aromatic carbocycles. The predicted molar refractivity (Wildman–Crippen MR) is 113 cm³/mol. The van der Waals surface area contributed by atoms with Crippen LogP contribution in [-0.2, 0) is 4.79 Å². The van der Waals surface area contributed by atoms with Gasteiger partial charge < -0.3 is 10.6 Å². The summed E-state index contributed by atoms with van der Waals surface area (Å²) < 4.78 is 49.6. The zero-order valence-corrected chi connectivity index (χ0v) is 19.0. The van der Waals surface area contributed by atoms with E-state index in [1.54, 1.807) is 11.4 Å². The molecule has 12 heteroatoms. The summed E-state index contributed by atoms with van der Waals surface area (Å²) in [6.45, 7) is -1.53. The third-order valence-electron chi connectivity index (χ3n) is 4.57. The van der Waals surface area contributed by atoms with Crippen LogP contribution in [-0.4, -0.2) is 28.9 Å². The summed E-state index contributed by atoms with van der Waals surface area (Å²) in [5.41, 5.74) is 0.270. The minimum Gasteiger partial charge on any atom is -0.343 e. The number of amides is 2. The van der Waals surface area contributed by atoms with Crippen LogP contribution < -0.4 is 10.6 Å². The van der Waals surface area contributed by atoms with Crippen molar-refractivity contribution >= 4 is 68.2 Å². The molecule has 0 spiro atoms. The van der Waals surface area contributed by atoms with Crippen molar-refractivity contribution in [1.82, 2.24) is 5.32 Å². The first-order valence-electron chi connectivity index (χ1n) is 8.59. The van der Waals surface area contributed by atoms with Crippen molar-refractivity contribution in [2.24, 2.45) is 5.92 Å². The SMILES string of the molecule is O=C(NCC(F)(F)F)c1cc(NC(=O)[C@@H]2[C@@H](c3ccc(Br)c(F)c3)C2(Cl)Cl)ccc1Cl. The number of hydrogen-bond acceptors (Lipinski definition) is 2.